The van der Waals surface area contributed by atoms with Gasteiger partial charge in [-0.1, -0.05) is 12.5 Å². The molecule has 0 radical (unpaired) electrons. The molecule has 0 aromatic rings. The number of carbonyl (C=O) groups excluding carboxylic acids is 1. The Morgan fingerprint density at radius 2 is 2.21 bits per heavy atom. The third kappa shape index (κ3) is 17.0. The highest BCUT2D eigenvalue weighted by Gasteiger charge is 1.96. The van der Waals surface area contributed by atoms with E-state index in [1.165, 1.54) is 0 Å². The Morgan fingerprint density at radius 3 is 2.29 bits per heavy atom. The van der Waals surface area contributed by atoms with Crippen LogP contribution in [-0.2, 0) is 19.6 Å². The second-order valence-corrected chi connectivity index (χ2v) is 3.34. The molecule has 1 N–H and O–H groups in total. The zero-order valence-corrected chi connectivity index (χ0v) is 8.58. The number of terminal acetylenes is 1. The zero-order valence-electron chi connectivity index (χ0n) is 7.76. The van der Waals surface area contributed by atoms with Crippen molar-refractivity contribution in [1.29, 1.82) is 0 Å². The third-order valence-electron chi connectivity index (χ3n) is 0.719. The normalized spacial score (nSPS) is 8.93. The largest absolute Gasteiger partial charge is 0.463 e. The summed E-state index contributed by atoms with van der Waals surface area (Å²) in [6.45, 7) is 5.38. The van der Waals surface area contributed by atoms with Gasteiger partial charge in [0.05, 0.1) is 6.61 Å². The van der Waals surface area contributed by atoms with Crippen molar-refractivity contribution in [3.63, 3.8) is 0 Å². The van der Waals surface area contributed by atoms with Crippen LogP contribution in [0.15, 0.2) is 12.7 Å². The van der Waals surface area contributed by atoms with Gasteiger partial charge in [0.1, 0.15) is 5.75 Å². The number of esters is 1. The SMILES string of the molecule is C#CCS(=O)(=O)O.C=CC(=O)OCC. The molecule has 0 atom stereocenters. The first-order chi connectivity index (χ1) is 6.37. The molecule has 0 unspecified atom stereocenters. The lowest BCUT2D eigenvalue weighted by Crippen LogP contribution is -1.99. The van der Waals surface area contributed by atoms with E-state index in [4.69, 9.17) is 4.55 Å². The zero-order chi connectivity index (χ0) is 11.6. The van der Waals surface area contributed by atoms with Crippen LogP contribution in [-0.4, -0.2) is 31.3 Å². The van der Waals surface area contributed by atoms with Crippen LogP contribution >= 0.6 is 0 Å². The van der Waals surface area contributed by atoms with Crippen LogP contribution in [0.4, 0.5) is 0 Å². The average molecular weight is 220 g/mol. The summed E-state index contributed by atoms with van der Waals surface area (Å²) < 4.78 is 31.6. The number of hydrogen-bond acceptors (Lipinski definition) is 4. The highest BCUT2D eigenvalue weighted by molar-refractivity contribution is 7.86. The first kappa shape index (κ1) is 15.2. The van der Waals surface area contributed by atoms with Gasteiger partial charge in [0.15, 0.2) is 0 Å². The highest BCUT2D eigenvalue weighted by atomic mass is 32.2. The fourth-order valence-corrected chi connectivity index (χ4v) is 0.517. The Kier molecular flexibility index (Phi) is 8.98. The van der Waals surface area contributed by atoms with Crippen molar-refractivity contribution in [1.82, 2.24) is 0 Å². The standard InChI is InChI=1S/C5H8O2.C3H4O3S/c1-3-5(6)7-4-2;1-2-3-7(4,5)6/h3H,1,4H2,2H3;1H,3H2,(H,4,5,6). The van der Waals surface area contributed by atoms with Crippen LogP contribution in [0.5, 0.6) is 0 Å². The molecule has 0 aromatic heterocycles. The molecule has 0 aliphatic rings. The summed E-state index contributed by atoms with van der Waals surface area (Å²) in [5.74, 6) is 0.807. The fraction of sp³-hybridized carbons (Fsp3) is 0.375. The van der Waals surface area contributed by atoms with Gasteiger partial charge < -0.3 is 4.74 Å². The van der Waals surface area contributed by atoms with E-state index < -0.39 is 15.9 Å². The molecule has 0 amide bonds. The maximum absolute atomic E-state index is 10.1. The molecular formula is C8H12O5S. The first-order valence-corrected chi connectivity index (χ1v) is 5.16. The van der Waals surface area contributed by atoms with Gasteiger partial charge in [-0.2, -0.15) is 8.42 Å². The summed E-state index contributed by atoms with van der Waals surface area (Å²) in [5, 5.41) is 0. The lowest BCUT2D eigenvalue weighted by Gasteiger charge is -1.90. The van der Waals surface area contributed by atoms with E-state index in [0.29, 0.717) is 6.61 Å². The minimum absolute atomic E-state index is 0.359. The fourth-order valence-electron chi connectivity index (χ4n) is 0.306. The minimum atomic E-state index is -3.91. The predicted molar refractivity (Wildman–Crippen MR) is 52.1 cm³/mol. The van der Waals surface area contributed by atoms with E-state index in [-0.39, 0.29) is 5.97 Å². The van der Waals surface area contributed by atoms with Gasteiger partial charge in [-0.3, -0.25) is 4.55 Å². The van der Waals surface area contributed by atoms with Crippen molar-refractivity contribution in [3.8, 4) is 12.3 Å². The van der Waals surface area contributed by atoms with Crippen molar-refractivity contribution >= 4 is 16.1 Å². The Balaban J connectivity index is 0. The molecule has 0 bridgehead atoms. The third-order valence-corrected chi connectivity index (χ3v) is 1.25. The summed E-state index contributed by atoms with van der Waals surface area (Å²) in [4.78, 5) is 10.1. The molecule has 0 rings (SSSR count). The monoisotopic (exact) mass is 220 g/mol. The average Bonchev–Trinajstić information content (AvgIpc) is 2.03. The van der Waals surface area contributed by atoms with Gasteiger partial charge >= 0.3 is 5.97 Å². The Morgan fingerprint density at radius 1 is 1.71 bits per heavy atom. The molecule has 0 saturated heterocycles. The van der Waals surface area contributed by atoms with Gasteiger partial charge in [0.2, 0.25) is 0 Å². The van der Waals surface area contributed by atoms with E-state index in [0.717, 1.165) is 6.08 Å². The summed E-state index contributed by atoms with van der Waals surface area (Å²) in [6, 6.07) is 0. The van der Waals surface area contributed by atoms with Gasteiger partial charge in [0.25, 0.3) is 10.1 Å². The molecular weight excluding hydrogens is 208 g/mol. The van der Waals surface area contributed by atoms with Crippen molar-refractivity contribution in [2.75, 3.05) is 12.4 Å². The Hall–Kier alpha value is -1.32. The van der Waals surface area contributed by atoms with Gasteiger partial charge in [-0.25, -0.2) is 4.79 Å². The van der Waals surface area contributed by atoms with E-state index >= 15 is 0 Å². The molecule has 80 valence electrons. The molecule has 6 heteroatoms. The van der Waals surface area contributed by atoms with Crippen LogP contribution in [0.25, 0.3) is 0 Å². The molecule has 0 aromatic carbocycles. The number of hydrogen-bond donors (Lipinski definition) is 1. The second kappa shape index (κ2) is 8.29. The minimum Gasteiger partial charge on any atom is -0.463 e. The Labute approximate surface area is 83.5 Å². The summed E-state index contributed by atoms with van der Waals surface area (Å²) in [7, 11) is -3.91. The molecule has 14 heavy (non-hydrogen) atoms. The van der Waals surface area contributed by atoms with Crippen LogP contribution in [0.1, 0.15) is 6.92 Å². The topological polar surface area (TPSA) is 80.7 Å². The highest BCUT2D eigenvalue weighted by Crippen LogP contribution is 1.75. The Bertz CT molecular complexity index is 309. The van der Waals surface area contributed by atoms with E-state index in [2.05, 4.69) is 17.7 Å². The van der Waals surface area contributed by atoms with Crippen LogP contribution in [0.2, 0.25) is 0 Å². The van der Waals surface area contributed by atoms with Gasteiger partial charge in [0, 0.05) is 6.08 Å². The van der Waals surface area contributed by atoms with E-state index in [9.17, 15) is 13.2 Å². The first-order valence-electron chi connectivity index (χ1n) is 3.55. The van der Waals surface area contributed by atoms with Crippen molar-refractivity contribution in [2.24, 2.45) is 0 Å². The van der Waals surface area contributed by atoms with Crippen molar-refractivity contribution in [3.05, 3.63) is 12.7 Å². The molecule has 5 nitrogen and oxygen atoms in total. The number of carbonyl (C=O) groups is 1. The van der Waals surface area contributed by atoms with E-state index in [1.807, 2.05) is 0 Å². The molecule has 0 saturated carbocycles. The molecule has 0 aliphatic heterocycles. The smallest absolute Gasteiger partial charge is 0.330 e. The maximum Gasteiger partial charge on any atom is 0.330 e. The predicted octanol–water partition coefficient (Wildman–Crippen LogP) is 0.243. The quantitative estimate of drug-likeness (QED) is 0.319. The summed E-state index contributed by atoms with van der Waals surface area (Å²) in [5.41, 5.74) is 0. The van der Waals surface area contributed by atoms with Gasteiger partial charge in [-0.05, 0) is 6.92 Å². The number of ether oxygens (including phenoxy) is 1. The second-order valence-electron chi connectivity index (χ2n) is 1.89. The van der Waals surface area contributed by atoms with Crippen molar-refractivity contribution < 1.29 is 22.5 Å². The van der Waals surface area contributed by atoms with Crippen molar-refractivity contribution in [2.45, 2.75) is 6.92 Å². The van der Waals surface area contributed by atoms with Crippen LogP contribution in [0, 0.1) is 12.3 Å². The van der Waals surface area contributed by atoms with Gasteiger partial charge in [-0.15, -0.1) is 6.42 Å². The molecule has 0 aliphatic carbocycles. The maximum atomic E-state index is 10.1. The summed E-state index contributed by atoms with van der Waals surface area (Å²) >= 11 is 0. The van der Waals surface area contributed by atoms with Crippen LogP contribution < -0.4 is 0 Å². The lowest BCUT2D eigenvalue weighted by atomic mass is 10.6. The van der Waals surface area contributed by atoms with Crippen LogP contribution in [0.3, 0.4) is 0 Å². The van der Waals surface area contributed by atoms with E-state index in [1.54, 1.807) is 12.8 Å². The molecule has 0 fully saturated rings. The molecule has 0 spiro atoms. The lowest BCUT2D eigenvalue weighted by molar-refractivity contribution is -0.137. The summed E-state index contributed by atoms with van der Waals surface area (Å²) in [6.07, 6.45) is 5.67. The molecule has 0 heterocycles. The number of rotatable bonds is 3.